The lowest BCUT2D eigenvalue weighted by atomic mass is 10.1. The van der Waals surface area contributed by atoms with E-state index in [9.17, 15) is 4.79 Å². The molecule has 0 saturated heterocycles. The number of benzene rings is 3. The summed E-state index contributed by atoms with van der Waals surface area (Å²) in [5.41, 5.74) is 2.70. The molecule has 0 bridgehead atoms. The van der Waals surface area contributed by atoms with Gasteiger partial charge < -0.3 is 4.74 Å². The van der Waals surface area contributed by atoms with E-state index >= 15 is 0 Å². The quantitative estimate of drug-likeness (QED) is 0.224. The molecule has 152 valence electrons. The smallest absolute Gasteiger partial charge is 0.261 e. The minimum atomic E-state index is -0.0459. The number of rotatable bonds is 6. The van der Waals surface area contributed by atoms with Crippen molar-refractivity contribution in [2.75, 3.05) is 6.61 Å². The van der Waals surface area contributed by atoms with Crippen LogP contribution in [0.4, 0.5) is 0 Å². The number of halogens is 2. The van der Waals surface area contributed by atoms with Crippen molar-refractivity contribution in [1.82, 2.24) is 9.55 Å². The number of ether oxygens (including phenoxy) is 1. The van der Waals surface area contributed by atoms with Crippen LogP contribution in [0.25, 0.3) is 22.3 Å². The molecule has 0 aliphatic carbocycles. The maximum absolute atomic E-state index is 13.2. The van der Waals surface area contributed by atoms with Crippen LogP contribution in [-0.4, -0.2) is 16.2 Å². The van der Waals surface area contributed by atoms with Gasteiger partial charge in [-0.2, -0.15) is 0 Å². The van der Waals surface area contributed by atoms with Gasteiger partial charge in [0.15, 0.2) is 0 Å². The summed E-state index contributed by atoms with van der Waals surface area (Å²) in [6.45, 7) is 3.08. The standard InChI is InChI=1S/C24H20ClIN2O2/c1-16-7-12-22(20(26)15-16)30-14-4-13-28-23(17-8-10-18(25)11-9-17)27-21-6-3-2-5-19(21)24(28)29/h2-3,5-12,15H,4,13-14H2,1H3. The molecule has 6 heteroatoms. The van der Waals surface area contributed by atoms with Gasteiger partial charge in [0.25, 0.3) is 5.56 Å². The Morgan fingerprint density at radius 3 is 2.60 bits per heavy atom. The Morgan fingerprint density at radius 1 is 1.07 bits per heavy atom. The van der Waals surface area contributed by atoms with E-state index in [0.717, 1.165) is 14.9 Å². The molecule has 0 unspecified atom stereocenters. The van der Waals surface area contributed by atoms with Crippen molar-refractivity contribution in [3.05, 3.63) is 91.2 Å². The zero-order valence-electron chi connectivity index (χ0n) is 16.4. The highest BCUT2D eigenvalue weighted by atomic mass is 127. The first-order chi connectivity index (χ1) is 14.5. The Labute approximate surface area is 193 Å². The largest absolute Gasteiger partial charge is 0.492 e. The Kier molecular flexibility index (Phi) is 6.39. The predicted molar refractivity (Wildman–Crippen MR) is 130 cm³/mol. The first-order valence-corrected chi connectivity index (χ1v) is 11.1. The second-order valence-corrected chi connectivity index (χ2v) is 8.65. The molecular formula is C24H20ClIN2O2. The summed E-state index contributed by atoms with van der Waals surface area (Å²) in [4.78, 5) is 18.0. The molecule has 0 amide bonds. The van der Waals surface area contributed by atoms with Crippen LogP contribution >= 0.6 is 34.2 Å². The third-order valence-electron chi connectivity index (χ3n) is 4.84. The molecule has 4 nitrogen and oxygen atoms in total. The minimum Gasteiger partial charge on any atom is -0.492 e. The van der Waals surface area contributed by atoms with Crippen LogP contribution in [0.2, 0.25) is 5.02 Å². The van der Waals surface area contributed by atoms with E-state index in [4.69, 9.17) is 21.3 Å². The molecule has 1 heterocycles. The Hall–Kier alpha value is -2.38. The third-order valence-corrected chi connectivity index (χ3v) is 5.93. The number of aromatic nitrogens is 2. The van der Waals surface area contributed by atoms with E-state index in [1.165, 1.54) is 5.56 Å². The van der Waals surface area contributed by atoms with Gasteiger partial charge in [-0.3, -0.25) is 9.36 Å². The normalized spacial score (nSPS) is 11.0. The molecule has 30 heavy (non-hydrogen) atoms. The van der Waals surface area contributed by atoms with Crippen LogP contribution < -0.4 is 10.3 Å². The molecule has 0 N–H and O–H groups in total. The summed E-state index contributed by atoms with van der Waals surface area (Å²) in [5, 5.41) is 1.26. The van der Waals surface area contributed by atoms with Gasteiger partial charge in [-0.15, -0.1) is 0 Å². The van der Waals surface area contributed by atoms with Gasteiger partial charge in [-0.05, 0) is 90.0 Å². The van der Waals surface area contributed by atoms with Crippen LogP contribution in [0.1, 0.15) is 12.0 Å². The first kappa shape index (κ1) is 20.9. The van der Waals surface area contributed by atoms with Crippen LogP contribution in [0.3, 0.4) is 0 Å². The highest BCUT2D eigenvalue weighted by Gasteiger charge is 2.13. The monoisotopic (exact) mass is 530 g/mol. The summed E-state index contributed by atoms with van der Waals surface area (Å²) in [6, 6.07) is 20.9. The highest BCUT2D eigenvalue weighted by Crippen LogP contribution is 2.23. The molecule has 4 aromatic rings. The van der Waals surface area contributed by atoms with E-state index in [1.807, 2.05) is 60.7 Å². The summed E-state index contributed by atoms with van der Waals surface area (Å²) in [6.07, 6.45) is 0.685. The van der Waals surface area contributed by atoms with Crippen LogP contribution in [0, 0.1) is 10.5 Å². The summed E-state index contributed by atoms with van der Waals surface area (Å²) in [5.74, 6) is 1.50. The summed E-state index contributed by atoms with van der Waals surface area (Å²) in [7, 11) is 0. The topological polar surface area (TPSA) is 44.1 Å². The summed E-state index contributed by atoms with van der Waals surface area (Å²) >= 11 is 8.32. The molecule has 0 fully saturated rings. The molecule has 0 aliphatic heterocycles. The third kappa shape index (κ3) is 4.52. The molecule has 0 aliphatic rings. The van der Waals surface area contributed by atoms with E-state index in [0.29, 0.717) is 41.3 Å². The maximum Gasteiger partial charge on any atom is 0.261 e. The Bertz CT molecular complexity index is 1250. The molecule has 0 radical (unpaired) electrons. The lowest BCUT2D eigenvalue weighted by Gasteiger charge is -2.14. The highest BCUT2D eigenvalue weighted by molar-refractivity contribution is 14.1. The molecule has 0 spiro atoms. The van der Waals surface area contributed by atoms with Gasteiger partial charge in [-0.25, -0.2) is 4.98 Å². The SMILES string of the molecule is Cc1ccc(OCCCn2c(-c3ccc(Cl)cc3)nc3ccccc3c2=O)c(I)c1. The fourth-order valence-corrected chi connectivity index (χ4v) is 4.28. The average molecular weight is 531 g/mol. The second kappa shape index (κ2) is 9.18. The Morgan fingerprint density at radius 2 is 1.83 bits per heavy atom. The summed E-state index contributed by atoms with van der Waals surface area (Å²) < 4.78 is 8.76. The zero-order chi connectivity index (χ0) is 21.1. The maximum atomic E-state index is 13.2. The van der Waals surface area contributed by atoms with Crippen molar-refractivity contribution in [2.24, 2.45) is 0 Å². The van der Waals surface area contributed by atoms with Crippen molar-refractivity contribution in [3.63, 3.8) is 0 Å². The molecule has 4 rings (SSSR count). The molecule has 0 saturated carbocycles. The van der Waals surface area contributed by atoms with Crippen molar-refractivity contribution in [2.45, 2.75) is 19.9 Å². The molecule has 0 atom stereocenters. The fourth-order valence-electron chi connectivity index (χ4n) is 3.32. The average Bonchev–Trinajstić information content (AvgIpc) is 2.74. The van der Waals surface area contributed by atoms with Crippen molar-refractivity contribution in [1.29, 1.82) is 0 Å². The van der Waals surface area contributed by atoms with Crippen molar-refractivity contribution >= 4 is 45.1 Å². The lowest BCUT2D eigenvalue weighted by Crippen LogP contribution is -2.24. The van der Waals surface area contributed by atoms with Crippen molar-refractivity contribution in [3.8, 4) is 17.1 Å². The van der Waals surface area contributed by atoms with Gasteiger partial charge in [0.2, 0.25) is 0 Å². The van der Waals surface area contributed by atoms with E-state index < -0.39 is 0 Å². The molecule has 1 aromatic heterocycles. The molecule has 3 aromatic carbocycles. The number of hydrogen-bond donors (Lipinski definition) is 0. The predicted octanol–water partition coefficient (Wildman–Crippen LogP) is 6.10. The van der Waals surface area contributed by atoms with E-state index in [1.54, 1.807) is 4.57 Å². The van der Waals surface area contributed by atoms with Gasteiger partial charge in [0.1, 0.15) is 11.6 Å². The van der Waals surface area contributed by atoms with Gasteiger partial charge in [-0.1, -0.05) is 29.8 Å². The number of para-hydroxylation sites is 1. The van der Waals surface area contributed by atoms with E-state index in [2.05, 4.69) is 35.6 Å². The first-order valence-electron chi connectivity index (χ1n) is 9.67. The van der Waals surface area contributed by atoms with E-state index in [-0.39, 0.29) is 5.56 Å². The van der Waals surface area contributed by atoms with Crippen molar-refractivity contribution < 1.29 is 4.74 Å². The number of aryl methyl sites for hydroxylation is 1. The van der Waals surface area contributed by atoms with Crippen LogP contribution in [-0.2, 0) is 6.54 Å². The number of hydrogen-bond acceptors (Lipinski definition) is 3. The number of nitrogens with zero attached hydrogens (tertiary/aromatic N) is 2. The zero-order valence-corrected chi connectivity index (χ0v) is 19.4. The van der Waals surface area contributed by atoms with Crippen LogP contribution in [0.5, 0.6) is 5.75 Å². The van der Waals surface area contributed by atoms with Gasteiger partial charge >= 0.3 is 0 Å². The lowest BCUT2D eigenvalue weighted by molar-refractivity contribution is 0.299. The van der Waals surface area contributed by atoms with Gasteiger partial charge in [0.05, 0.1) is 21.1 Å². The Balaban J connectivity index is 1.61. The van der Waals surface area contributed by atoms with Gasteiger partial charge in [0, 0.05) is 17.1 Å². The minimum absolute atomic E-state index is 0.0459. The molecular weight excluding hydrogens is 511 g/mol. The number of fused-ring (bicyclic) bond motifs is 1. The second-order valence-electron chi connectivity index (χ2n) is 7.05. The van der Waals surface area contributed by atoms with Crippen LogP contribution in [0.15, 0.2) is 71.5 Å². The fraction of sp³-hybridized carbons (Fsp3) is 0.167.